The standard InChI is InChI=1S/C13H13NOS/c1-2-10-8-15-13(14-10)12-7-9-5-3-4-6-11(9)16-12/h3-7,10H,2,8H2,1H3. The Hall–Kier alpha value is -1.35. The molecule has 1 aliphatic heterocycles. The van der Waals surface area contributed by atoms with Crippen molar-refractivity contribution < 1.29 is 4.74 Å². The van der Waals surface area contributed by atoms with E-state index in [9.17, 15) is 0 Å². The van der Waals surface area contributed by atoms with Crippen molar-refractivity contribution in [2.45, 2.75) is 19.4 Å². The first-order valence-corrected chi connectivity index (χ1v) is 6.38. The molecule has 0 radical (unpaired) electrons. The van der Waals surface area contributed by atoms with E-state index in [1.165, 1.54) is 10.1 Å². The molecule has 0 bridgehead atoms. The third-order valence-electron chi connectivity index (χ3n) is 2.82. The van der Waals surface area contributed by atoms with E-state index in [1.807, 2.05) is 0 Å². The van der Waals surface area contributed by atoms with Gasteiger partial charge in [-0.3, -0.25) is 0 Å². The van der Waals surface area contributed by atoms with Gasteiger partial charge < -0.3 is 4.74 Å². The molecule has 2 nitrogen and oxygen atoms in total. The summed E-state index contributed by atoms with van der Waals surface area (Å²) < 4.78 is 6.93. The maximum atomic E-state index is 5.63. The molecule has 3 rings (SSSR count). The van der Waals surface area contributed by atoms with Gasteiger partial charge in [0.1, 0.15) is 6.61 Å². The average Bonchev–Trinajstić information content (AvgIpc) is 2.95. The van der Waals surface area contributed by atoms with Gasteiger partial charge in [-0.2, -0.15) is 0 Å². The summed E-state index contributed by atoms with van der Waals surface area (Å²) in [6.45, 7) is 2.88. The van der Waals surface area contributed by atoms with Crippen molar-refractivity contribution >= 4 is 27.3 Å². The number of hydrogen-bond acceptors (Lipinski definition) is 3. The Kier molecular flexibility index (Phi) is 2.40. The lowest BCUT2D eigenvalue weighted by molar-refractivity contribution is 0.315. The highest BCUT2D eigenvalue weighted by molar-refractivity contribution is 7.20. The topological polar surface area (TPSA) is 21.6 Å². The van der Waals surface area contributed by atoms with Crippen LogP contribution >= 0.6 is 11.3 Å². The van der Waals surface area contributed by atoms with Gasteiger partial charge in [0.25, 0.3) is 0 Å². The van der Waals surface area contributed by atoms with E-state index in [0.29, 0.717) is 6.04 Å². The van der Waals surface area contributed by atoms with Gasteiger partial charge in [-0.1, -0.05) is 25.1 Å². The van der Waals surface area contributed by atoms with Gasteiger partial charge in [-0.05, 0) is 23.9 Å². The minimum Gasteiger partial charge on any atom is -0.475 e. The molecule has 2 aromatic rings. The van der Waals surface area contributed by atoms with Crippen LogP contribution in [-0.2, 0) is 4.74 Å². The molecule has 0 saturated carbocycles. The van der Waals surface area contributed by atoms with Crippen molar-refractivity contribution in [1.29, 1.82) is 0 Å². The van der Waals surface area contributed by atoms with Crippen LogP contribution in [0.1, 0.15) is 18.2 Å². The zero-order chi connectivity index (χ0) is 11.0. The summed E-state index contributed by atoms with van der Waals surface area (Å²) in [5.41, 5.74) is 0. The van der Waals surface area contributed by atoms with Crippen molar-refractivity contribution in [3.63, 3.8) is 0 Å². The van der Waals surface area contributed by atoms with Gasteiger partial charge in [0.05, 0.1) is 10.9 Å². The highest BCUT2D eigenvalue weighted by atomic mass is 32.1. The van der Waals surface area contributed by atoms with Gasteiger partial charge in [0.15, 0.2) is 0 Å². The number of rotatable bonds is 2. The van der Waals surface area contributed by atoms with E-state index in [2.05, 4.69) is 42.2 Å². The van der Waals surface area contributed by atoms with E-state index < -0.39 is 0 Å². The van der Waals surface area contributed by atoms with E-state index in [-0.39, 0.29) is 0 Å². The van der Waals surface area contributed by atoms with Gasteiger partial charge >= 0.3 is 0 Å². The van der Waals surface area contributed by atoms with E-state index in [0.717, 1.165) is 23.8 Å². The third kappa shape index (κ3) is 1.61. The minimum atomic E-state index is 0.347. The Labute approximate surface area is 98.6 Å². The molecule has 0 N–H and O–H groups in total. The summed E-state index contributed by atoms with van der Waals surface area (Å²) in [6, 6.07) is 10.9. The van der Waals surface area contributed by atoms with Crippen molar-refractivity contribution in [3.8, 4) is 0 Å². The average molecular weight is 231 g/mol. The van der Waals surface area contributed by atoms with Crippen LogP contribution in [0.5, 0.6) is 0 Å². The molecule has 16 heavy (non-hydrogen) atoms. The second-order valence-electron chi connectivity index (χ2n) is 3.96. The number of aliphatic imine (C=N–C) groups is 1. The molecule has 0 spiro atoms. The maximum Gasteiger partial charge on any atom is 0.226 e. The van der Waals surface area contributed by atoms with Crippen LogP contribution in [-0.4, -0.2) is 18.5 Å². The van der Waals surface area contributed by atoms with Crippen molar-refractivity contribution in [2.75, 3.05) is 6.61 Å². The molecule has 0 aliphatic carbocycles. The third-order valence-corrected chi connectivity index (χ3v) is 3.92. The summed E-state index contributed by atoms with van der Waals surface area (Å²) in [5, 5.41) is 1.27. The molecule has 2 heterocycles. The van der Waals surface area contributed by atoms with Crippen LogP contribution in [0.3, 0.4) is 0 Å². The highest BCUT2D eigenvalue weighted by Crippen LogP contribution is 2.27. The van der Waals surface area contributed by atoms with Crippen molar-refractivity contribution in [2.24, 2.45) is 4.99 Å². The zero-order valence-corrected chi connectivity index (χ0v) is 9.96. The molecule has 1 unspecified atom stereocenters. The quantitative estimate of drug-likeness (QED) is 0.775. The number of thiophene rings is 1. The van der Waals surface area contributed by atoms with Crippen LogP contribution < -0.4 is 0 Å². The lowest BCUT2D eigenvalue weighted by Gasteiger charge is -1.96. The van der Waals surface area contributed by atoms with Gasteiger partial charge in [0, 0.05) is 4.70 Å². The lowest BCUT2D eigenvalue weighted by atomic mass is 10.2. The molecular formula is C13H13NOS. The predicted octanol–water partition coefficient (Wildman–Crippen LogP) is 3.46. The molecule has 1 aromatic heterocycles. The molecule has 1 aliphatic rings. The maximum absolute atomic E-state index is 5.63. The van der Waals surface area contributed by atoms with Crippen LogP contribution in [0.2, 0.25) is 0 Å². The molecule has 1 atom stereocenters. The molecule has 3 heteroatoms. The summed E-state index contributed by atoms with van der Waals surface area (Å²) in [7, 11) is 0. The van der Waals surface area contributed by atoms with Crippen molar-refractivity contribution in [3.05, 3.63) is 35.2 Å². The minimum absolute atomic E-state index is 0.347. The van der Waals surface area contributed by atoms with E-state index in [1.54, 1.807) is 11.3 Å². The number of hydrogen-bond donors (Lipinski definition) is 0. The second-order valence-corrected chi connectivity index (χ2v) is 5.04. The smallest absolute Gasteiger partial charge is 0.226 e. The van der Waals surface area contributed by atoms with E-state index in [4.69, 9.17) is 4.74 Å². The Morgan fingerprint density at radius 1 is 1.44 bits per heavy atom. The molecule has 82 valence electrons. The fourth-order valence-corrected chi connectivity index (χ4v) is 2.86. The number of benzene rings is 1. The highest BCUT2D eigenvalue weighted by Gasteiger charge is 2.19. The van der Waals surface area contributed by atoms with Crippen LogP contribution in [0, 0.1) is 0 Å². The number of fused-ring (bicyclic) bond motifs is 1. The Morgan fingerprint density at radius 3 is 3.06 bits per heavy atom. The monoisotopic (exact) mass is 231 g/mol. The second kappa shape index (κ2) is 3.91. The molecule has 1 aromatic carbocycles. The first-order chi connectivity index (χ1) is 7.86. The predicted molar refractivity (Wildman–Crippen MR) is 68.4 cm³/mol. The molecule has 0 amide bonds. The zero-order valence-electron chi connectivity index (χ0n) is 9.14. The Bertz CT molecular complexity index is 511. The van der Waals surface area contributed by atoms with Crippen LogP contribution in [0.15, 0.2) is 35.3 Å². The number of nitrogens with zero attached hydrogens (tertiary/aromatic N) is 1. The molecular weight excluding hydrogens is 218 g/mol. The fraction of sp³-hybridized carbons (Fsp3) is 0.308. The van der Waals surface area contributed by atoms with Gasteiger partial charge in [-0.15, -0.1) is 11.3 Å². The molecule has 0 saturated heterocycles. The first-order valence-electron chi connectivity index (χ1n) is 5.56. The SMILES string of the molecule is CCC1COC(c2cc3ccccc3s2)=N1. The Balaban J connectivity index is 2.00. The van der Waals surface area contributed by atoms with Gasteiger partial charge in [-0.25, -0.2) is 4.99 Å². The summed E-state index contributed by atoms with van der Waals surface area (Å²) in [6.07, 6.45) is 1.05. The first kappa shape index (κ1) is 9.85. The largest absolute Gasteiger partial charge is 0.475 e. The summed E-state index contributed by atoms with van der Waals surface area (Å²) >= 11 is 1.75. The fourth-order valence-electron chi connectivity index (χ4n) is 1.85. The van der Waals surface area contributed by atoms with Crippen molar-refractivity contribution in [1.82, 2.24) is 0 Å². The summed E-state index contributed by atoms with van der Waals surface area (Å²) in [4.78, 5) is 5.73. The summed E-state index contributed by atoms with van der Waals surface area (Å²) in [5.74, 6) is 0.827. The lowest BCUT2D eigenvalue weighted by Crippen LogP contribution is -2.03. The van der Waals surface area contributed by atoms with E-state index >= 15 is 0 Å². The van der Waals surface area contributed by atoms with Crippen LogP contribution in [0.4, 0.5) is 0 Å². The van der Waals surface area contributed by atoms with Gasteiger partial charge in [0.2, 0.25) is 5.90 Å². The normalized spacial score (nSPS) is 19.8. The molecule has 0 fully saturated rings. The van der Waals surface area contributed by atoms with Crippen LogP contribution in [0.25, 0.3) is 10.1 Å². The Morgan fingerprint density at radius 2 is 2.31 bits per heavy atom. The number of ether oxygens (including phenoxy) is 1.